The first kappa shape index (κ1) is 9.64. The van der Waals surface area contributed by atoms with Gasteiger partial charge >= 0.3 is 5.63 Å². The standard InChI is InChI=1S/C14H13O2/c15-14-12-8-3-1-2-6-10(12)11-7-4-5-9-13(11)16-14/h4,7,9H,1-3,6,8H2. The molecule has 0 saturated carbocycles. The van der Waals surface area contributed by atoms with Gasteiger partial charge in [-0.2, -0.15) is 0 Å². The van der Waals surface area contributed by atoms with Crippen molar-refractivity contribution in [1.82, 2.24) is 0 Å². The second kappa shape index (κ2) is 3.78. The number of hydrogen-bond donors (Lipinski definition) is 0. The van der Waals surface area contributed by atoms with Crippen molar-refractivity contribution in [3.8, 4) is 0 Å². The summed E-state index contributed by atoms with van der Waals surface area (Å²) in [5.41, 5.74) is 2.63. The molecule has 0 fully saturated rings. The van der Waals surface area contributed by atoms with Crippen LogP contribution in [-0.2, 0) is 12.8 Å². The second-order valence-corrected chi connectivity index (χ2v) is 4.33. The van der Waals surface area contributed by atoms with Gasteiger partial charge in [-0.1, -0.05) is 18.6 Å². The molecule has 1 aromatic carbocycles. The maximum atomic E-state index is 11.9. The Labute approximate surface area is 93.9 Å². The molecule has 2 aromatic rings. The van der Waals surface area contributed by atoms with E-state index in [4.69, 9.17) is 4.42 Å². The largest absolute Gasteiger partial charge is 0.422 e. The fraction of sp³-hybridized carbons (Fsp3) is 0.357. The Kier molecular flexibility index (Phi) is 2.28. The molecule has 0 aliphatic heterocycles. The molecule has 0 saturated heterocycles. The summed E-state index contributed by atoms with van der Waals surface area (Å²) < 4.78 is 5.33. The summed E-state index contributed by atoms with van der Waals surface area (Å²) in [7, 11) is 0. The van der Waals surface area contributed by atoms with E-state index in [-0.39, 0.29) is 5.63 Å². The number of benzene rings is 1. The average molecular weight is 213 g/mol. The number of hydrogen-bond acceptors (Lipinski definition) is 2. The van der Waals surface area contributed by atoms with Crippen LogP contribution < -0.4 is 5.63 Å². The van der Waals surface area contributed by atoms with Crippen LogP contribution in [0.3, 0.4) is 0 Å². The Balaban J connectivity index is 2.37. The van der Waals surface area contributed by atoms with Gasteiger partial charge in [-0.05, 0) is 43.4 Å². The van der Waals surface area contributed by atoms with Gasteiger partial charge < -0.3 is 4.42 Å². The number of aryl methyl sites for hydroxylation is 1. The van der Waals surface area contributed by atoms with Crippen molar-refractivity contribution in [3.63, 3.8) is 0 Å². The van der Waals surface area contributed by atoms with E-state index in [0.717, 1.165) is 30.2 Å². The highest BCUT2D eigenvalue weighted by molar-refractivity contribution is 5.81. The van der Waals surface area contributed by atoms with Crippen LogP contribution in [0, 0.1) is 6.07 Å². The van der Waals surface area contributed by atoms with Crippen LogP contribution >= 0.6 is 0 Å². The Hall–Kier alpha value is -1.57. The molecule has 1 aromatic heterocycles. The van der Waals surface area contributed by atoms with E-state index in [1.54, 1.807) is 6.07 Å². The topological polar surface area (TPSA) is 30.2 Å². The molecule has 0 bridgehead atoms. The molecule has 0 spiro atoms. The zero-order valence-corrected chi connectivity index (χ0v) is 9.08. The molecule has 0 N–H and O–H groups in total. The molecule has 1 aliphatic rings. The lowest BCUT2D eigenvalue weighted by Gasteiger charge is -2.07. The molecule has 1 heterocycles. The van der Waals surface area contributed by atoms with Crippen LogP contribution in [0.25, 0.3) is 11.0 Å². The van der Waals surface area contributed by atoms with E-state index < -0.39 is 0 Å². The van der Waals surface area contributed by atoms with E-state index >= 15 is 0 Å². The average Bonchev–Trinajstić information content (AvgIpc) is 2.55. The first-order chi connectivity index (χ1) is 7.86. The lowest BCUT2D eigenvalue weighted by atomic mass is 10.0. The molecule has 1 radical (unpaired) electrons. The summed E-state index contributed by atoms with van der Waals surface area (Å²) in [6.07, 6.45) is 5.34. The van der Waals surface area contributed by atoms with Gasteiger partial charge in [0.15, 0.2) is 0 Å². The molecule has 81 valence electrons. The van der Waals surface area contributed by atoms with Crippen molar-refractivity contribution in [3.05, 3.63) is 45.8 Å². The van der Waals surface area contributed by atoms with Gasteiger partial charge in [0.1, 0.15) is 5.58 Å². The third kappa shape index (κ3) is 1.45. The third-order valence-electron chi connectivity index (χ3n) is 3.32. The summed E-state index contributed by atoms with van der Waals surface area (Å²) in [5.74, 6) is 0. The van der Waals surface area contributed by atoms with Crippen LogP contribution in [0.15, 0.2) is 27.4 Å². The predicted octanol–water partition coefficient (Wildman–Crippen LogP) is 2.86. The minimum absolute atomic E-state index is 0.149. The second-order valence-electron chi connectivity index (χ2n) is 4.33. The van der Waals surface area contributed by atoms with Crippen molar-refractivity contribution in [2.75, 3.05) is 0 Å². The zero-order chi connectivity index (χ0) is 11.0. The summed E-state index contributed by atoms with van der Waals surface area (Å²) in [6.45, 7) is 0. The number of rotatable bonds is 0. The van der Waals surface area contributed by atoms with Crippen LogP contribution in [0.4, 0.5) is 0 Å². The molecule has 0 atom stereocenters. The molecule has 0 unspecified atom stereocenters. The lowest BCUT2D eigenvalue weighted by Crippen LogP contribution is -2.10. The summed E-state index contributed by atoms with van der Waals surface area (Å²) in [5, 5.41) is 1.09. The van der Waals surface area contributed by atoms with Gasteiger partial charge in [0.05, 0.1) is 0 Å². The quantitative estimate of drug-likeness (QED) is 0.497. The normalized spacial score (nSPS) is 15.8. The summed E-state index contributed by atoms with van der Waals surface area (Å²) in [4.78, 5) is 11.9. The molecule has 3 rings (SSSR count). The van der Waals surface area contributed by atoms with Crippen LogP contribution in [0.5, 0.6) is 0 Å². The van der Waals surface area contributed by atoms with Crippen molar-refractivity contribution in [2.24, 2.45) is 0 Å². The van der Waals surface area contributed by atoms with Gasteiger partial charge in [-0.3, -0.25) is 0 Å². The Bertz CT molecular complexity index is 581. The molecule has 1 aliphatic carbocycles. The Morgan fingerprint density at radius 2 is 1.94 bits per heavy atom. The van der Waals surface area contributed by atoms with Gasteiger partial charge in [0.2, 0.25) is 0 Å². The Morgan fingerprint density at radius 3 is 2.81 bits per heavy atom. The third-order valence-corrected chi connectivity index (χ3v) is 3.32. The SMILES string of the molecule is O=c1oc2c[c]ccc2c2c1CCCCC2. The Morgan fingerprint density at radius 1 is 1.12 bits per heavy atom. The molecular formula is C14H13O2. The first-order valence-corrected chi connectivity index (χ1v) is 5.81. The molecule has 2 heteroatoms. The highest BCUT2D eigenvalue weighted by Gasteiger charge is 2.16. The van der Waals surface area contributed by atoms with Crippen molar-refractivity contribution >= 4 is 11.0 Å². The van der Waals surface area contributed by atoms with E-state index in [2.05, 4.69) is 6.07 Å². The highest BCUT2D eigenvalue weighted by Crippen LogP contribution is 2.25. The smallest absolute Gasteiger partial charge is 0.339 e. The minimum Gasteiger partial charge on any atom is -0.422 e. The van der Waals surface area contributed by atoms with Crippen molar-refractivity contribution < 1.29 is 4.42 Å². The number of fused-ring (bicyclic) bond motifs is 3. The molecule has 16 heavy (non-hydrogen) atoms. The van der Waals surface area contributed by atoms with E-state index in [1.807, 2.05) is 12.1 Å². The zero-order valence-electron chi connectivity index (χ0n) is 9.08. The monoisotopic (exact) mass is 213 g/mol. The maximum absolute atomic E-state index is 11.9. The summed E-state index contributed by atoms with van der Waals surface area (Å²) in [6, 6.07) is 8.59. The summed E-state index contributed by atoms with van der Waals surface area (Å²) >= 11 is 0. The van der Waals surface area contributed by atoms with E-state index in [0.29, 0.717) is 5.58 Å². The fourth-order valence-electron chi connectivity index (χ4n) is 2.51. The van der Waals surface area contributed by atoms with E-state index in [1.165, 1.54) is 18.4 Å². The minimum atomic E-state index is -0.149. The lowest BCUT2D eigenvalue weighted by molar-refractivity contribution is 0.547. The molecular weight excluding hydrogens is 200 g/mol. The van der Waals surface area contributed by atoms with Gasteiger partial charge in [-0.25, -0.2) is 4.79 Å². The van der Waals surface area contributed by atoms with E-state index in [9.17, 15) is 4.79 Å². The van der Waals surface area contributed by atoms with Crippen LogP contribution in [0.1, 0.15) is 30.4 Å². The highest BCUT2D eigenvalue weighted by atomic mass is 16.4. The molecule has 2 nitrogen and oxygen atoms in total. The fourth-order valence-corrected chi connectivity index (χ4v) is 2.51. The first-order valence-electron chi connectivity index (χ1n) is 5.81. The maximum Gasteiger partial charge on any atom is 0.339 e. The van der Waals surface area contributed by atoms with Gasteiger partial charge in [0.25, 0.3) is 0 Å². The predicted molar refractivity (Wildman–Crippen MR) is 62.6 cm³/mol. The van der Waals surface area contributed by atoms with Crippen LogP contribution in [0.2, 0.25) is 0 Å². The van der Waals surface area contributed by atoms with Crippen LogP contribution in [-0.4, -0.2) is 0 Å². The van der Waals surface area contributed by atoms with Crippen molar-refractivity contribution in [1.29, 1.82) is 0 Å². The van der Waals surface area contributed by atoms with Gasteiger partial charge in [0, 0.05) is 10.9 Å². The van der Waals surface area contributed by atoms with Crippen molar-refractivity contribution in [2.45, 2.75) is 32.1 Å². The van der Waals surface area contributed by atoms with Gasteiger partial charge in [-0.15, -0.1) is 0 Å². The molecule has 0 amide bonds.